The summed E-state index contributed by atoms with van der Waals surface area (Å²) in [5, 5.41) is 16.6. The predicted molar refractivity (Wildman–Crippen MR) is 153 cm³/mol. The van der Waals surface area contributed by atoms with Crippen LogP contribution in [0.3, 0.4) is 0 Å². The van der Waals surface area contributed by atoms with E-state index in [-0.39, 0.29) is 37.1 Å². The van der Waals surface area contributed by atoms with E-state index in [2.05, 4.69) is 15.0 Å². The minimum absolute atomic E-state index is 0.0190. The maximum Gasteiger partial charge on any atom is 0.490 e. The molecule has 0 spiro atoms. The number of fused-ring (bicyclic) bond motifs is 1. The van der Waals surface area contributed by atoms with Crippen LogP contribution in [0, 0.1) is 0 Å². The lowest BCUT2D eigenvalue weighted by Crippen LogP contribution is -2.39. The lowest BCUT2D eigenvalue weighted by atomic mass is 10.0. The Bertz CT molecular complexity index is 1500. The molecule has 1 fully saturated rings. The largest absolute Gasteiger partial charge is 0.490 e. The Balaban J connectivity index is 0.000000707. The molecule has 9 nitrogen and oxygen atoms in total. The van der Waals surface area contributed by atoms with E-state index in [9.17, 15) is 35.9 Å². The SMILES string of the molecule is O=C(CCN1CCC[C@@H]1Cn1nc(Cc2ccc(Cl)cc2)c2ccccc2c1=O)NCCOCC(F)(F)F.O=C(O)C(F)(F)F. The van der Waals surface area contributed by atoms with Crippen LogP contribution < -0.4 is 10.9 Å². The fraction of sp³-hybridized carbons (Fsp3) is 0.448. The van der Waals surface area contributed by atoms with Gasteiger partial charge in [0.1, 0.15) is 6.61 Å². The second-order valence-corrected chi connectivity index (χ2v) is 10.6. The number of nitrogens with zero attached hydrogens (tertiary/aromatic N) is 3. The van der Waals surface area contributed by atoms with Gasteiger partial charge in [0.15, 0.2) is 0 Å². The van der Waals surface area contributed by atoms with Gasteiger partial charge in [-0.05, 0) is 43.1 Å². The number of hydrogen-bond donors (Lipinski definition) is 2. The number of aromatic nitrogens is 2. The summed E-state index contributed by atoms with van der Waals surface area (Å²) < 4.78 is 74.1. The van der Waals surface area contributed by atoms with E-state index >= 15 is 0 Å². The molecule has 4 rings (SSSR count). The highest BCUT2D eigenvalue weighted by molar-refractivity contribution is 6.30. The first kappa shape index (κ1) is 35.8. The zero-order valence-corrected chi connectivity index (χ0v) is 24.6. The van der Waals surface area contributed by atoms with E-state index in [0.717, 1.165) is 36.0 Å². The smallest absolute Gasteiger partial charge is 0.475 e. The highest BCUT2D eigenvalue weighted by Gasteiger charge is 2.38. The monoisotopic (exact) mass is 664 g/mol. The molecule has 0 unspecified atom stereocenters. The number of aliphatic carboxylic acids is 1. The fourth-order valence-corrected chi connectivity index (χ4v) is 4.86. The highest BCUT2D eigenvalue weighted by Crippen LogP contribution is 2.22. The summed E-state index contributed by atoms with van der Waals surface area (Å²) >= 11 is 6.03. The molecule has 3 aromatic rings. The number of benzene rings is 2. The number of hydrogen-bond acceptors (Lipinski definition) is 6. The van der Waals surface area contributed by atoms with E-state index in [1.54, 1.807) is 0 Å². The van der Waals surface area contributed by atoms with Gasteiger partial charge in [0.25, 0.3) is 5.56 Å². The van der Waals surface area contributed by atoms with Crippen molar-refractivity contribution in [3.05, 3.63) is 75.2 Å². The minimum atomic E-state index is -5.08. The van der Waals surface area contributed by atoms with Crippen molar-refractivity contribution in [1.29, 1.82) is 0 Å². The first-order valence-corrected chi connectivity index (χ1v) is 14.2. The van der Waals surface area contributed by atoms with Gasteiger partial charge in [0.05, 0.1) is 24.2 Å². The number of carboxylic acid groups (broad SMARTS) is 1. The Morgan fingerprint density at radius 1 is 1.04 bits per heavy atom. The standard InChI is InChI=1S/C27H30ClF3N4O3.C2HF3O2/c28-20-9-7-19(8-10-20)16-24-22-5-1-2-6-23(22)26(37)35(33-24)17-21-4-3-13-34(21)14-11-25(36)32-12-15-38-18-27(29,30)31;3-2(4,5)1(6)7/h1-2,5-10,21H,3-4,11-18H2,(H,32,36);(H,6,7)/t21-;/m1./s1. The second kappa shape index (κ2) is 16.0. The average molecular weight is 665 g/mol. The van der Waals surface area contributed by atoms with Gasteiger partial charge in [-0.3, -0.25) is 14.5 Å². The molecule has 246 valence electrons. The molecule has 1 atom stereocenters. The molecule has 45 heavy (non-hydrogen) atoms. The van der Waals surface area contributed by atoms with Crippen LogP contribution in [0.5, 0.6) is 0 Å². The van der Waals surface area contributed by atoms with Crippen LogP contribution in [-0.4, -0.2) is 82.9 Å². The van der Waals surface area contributed by atoms with Crippen LogP contribution in [0.1, 0.15) is 30.5 Å². The Morgan fingerprint density at radius 3 is 2.31 bits per heavy atom. The molecule has 1 aliphatic heterocycles. The minimum Gasteiger partial charge on any atom is -0.475 e. The van der Waals surface area contributed by atoms with Gasteiger partial charge < -0.3 is 15.2 Å². The number of carbonyl (C=O) groups excluding carboxylic acids is 1. The predicted octanol–water partition coefficient (Wildman–Crippen LogP) is 4.82. The zero-order valence-electron chi connectivity index (χ0n) is 23.8. The van der Waals surface area contributed by atoms with E-state index < -0.39 is 24.9 Å². The average Bonchev–Trinajstić information content (AvgIpc) is 3.41. The summed E-state index contributed by atoms with van der Waals surface area (Å²) in [6, 6.07) is 15.1. The summed E-state index contributed by atoms with van der Waals surface area (Å²) in [6.07, 6.45) is -6.89. The van der Waals surface area contributed by atoms with Crippen molar-refractivity contribution in [2.75, 3.05) is 32.8 Å². The van der Waals surface area contributed by atoms with Gasteiger partial charge in [-0.25, -0.2) is 9.48 Å². The molecule has 1 saturated heterocycles. The van der Waals surface area contributed by atoms with Gasteiger partial charge in [0.2, 0.25) is 5.91 Å². The molecule has 1 aromatic heterocycles. The lowest BCUT2D eigenvalue weighted by molar-refractivity contribution is -0.192. The third-order valence-corrected chi connectivity index (χ3v) is 7.07. The van der Waals surface area contributed by atoms with Crippen molar-refractivity contribution in [3.63, 3.8) is 0 Å². The number of nitrogens with one attached hydrogen (secondary N) is 1. The number of likely N-dealkylation sites (tertiary alicyclic amines) is 1. The van der Waals surface area contributed by atoms with Crippen molar-refractivity contribution in [2.24, 2.45) is 0 Å². The fourth-order valence-electron chi connectivity index (χ4n) is 4.74. The molecule has 0 aliphatic carbocycles. The number of carboxylic acids is 1. The first-order chi connectivity index (χ1) is 21.1. The molecular formula is C29H31ClF6N4O5. The molecule has 0 bridgehead atoms. The third-order valence-electron chi connectivity index (χ3n) is 6.81. The van der Waals surface area contributed by atoms with E-state index in [1.807, 2.05) is 48.5 Å². The quantitative estimate of drug-likeness (QED) is 0.223. The van der Waals surface area contributed by atoms with Gasteiger partial charge >= 0.3 is 18.3 Å². The maximum atomic E-state index is 13.3. The van der Waals surface area contributed by atoms with Crippen molar-refractivity contribution < 1.29 is 45.8 Å². The third kappa shape index (κ3) is 11.6. The number of amides is 1. The Labute approximate surface area is 258 Å². The van der Waals surface area contributed by atoms with Crippen LogP contribution >= 0.6 is 11.6 Å². The summed E-state index contributed by atoms with van der Waals surface area (Å²) in [5.41, 5.74) is 1.69. The normalized spacial score (nSPS) is 15.5. The van der Waals surface area contributed by atoms with Crippen molar-refractivity contribution in [3.8, 4) is 0 Å². The summed E-state index contributed by atoms with van der Waals surface area (Å²) in [5.74, 6) is -3.01. The number of alkyl halides is 6. The Kier molecular flexibility index (Phi) is 12.8. The van der Waals surface area contributed by atoms with Crippen LogP contribution in [-0.2, 0) is 27.3 Å². The maximum absolute atomic E-state index is 13.3. The highest BCUT2D eigenvalue weighted by atomic mass is 35.5. The van der Waals surface area contributed by atoms with Crippen LogP contribution in [0.2, 0.25) is 5.02 Å². The molecule has 0 saturated carbocycles. The molecule has 0 radical (unpaired) electrons. The van der Waals surface area contributed by atoms with Crippen LogP contribution in [0.15, 0.2) is 53.3 Å². The van der Waals surface area contributed by atoms with Crippen molar-refractivity contribution in [1.82, 2.24) is 20.0 Å². The summed E-state index contributed by atoms with van der Waals surface area (Å²) in [6.45, 7) is 0.177. The molecule has 16 heteroatoms. The van der Waals surface area contributed by atoms with Gasteiger partial charge in [0, 0.05) is 42.4 Å². The van der Waals surface area contributed by atoms with E-state index in [1.165, 1.54) is 4.68 Å². The molecular weight excluding hydrogens is 634 g/mol. The van der Waals surface area contributed by atoms with E-state index in [4.69, 9.17) is 26.6 Å². The van der Waals surface area contributed by atoms with Crippen LogP contribution in [0.4, 0.5) is 26.3 Å². The van der Waals surface area contributed by atoms with Gasteiger partial charge in [-0.1, -0.05) is 41.9 Å². The Morgan fingerprint density at radius 2 is 1.69 bits per heavy atom. The second-order valence-electron chi connectivity index (χ2n) is 10.2. The molecule has 2 N–H and O–H groups in total. The lowest BCUT2D eigenvalue weighted by Gasteiger charge is -2.25. The zero-order chi connectivity index (χ0) is 33.2. The van der Waals surface area contributed by atoms with Crippen molar-refractivity contribution >= 4 is 34.2 Å². The first-order valence-electron chi connectivity index (χ1n) is 13.8. The number of carbonyl (C=O) groups is 2. The molecule has 2 aromatic carbocycles. The molecule has 2 heterocycles. The van der Waals surface area contributed by atoms with E-state index in [0.29, 0.717) is 29.9 Å². The van der Waals surface area contributed by atoms with Crippen molar-refractivity contribution in [2.45, 2.75) is 50.6 Å². The summed E-state index contributed by atoms with van der Waals surface area (Å²) in [7, 11) is 0. The summed E-state index contributed by atoms with van der Waals surface area (Å²) in [4.78, 5) is 36.5. The number of rotatable bonds is 11. The van der Waals surface area contributed by atoms with Gasteiger partial charge in [-0.2, -0.15) is 31.4 Å². The molecule has 1 amide bonds. The molecule has 1 aliphatic rings. The topological polar surface area (TPSA) is 114 Å². The number of ether oxygens (including phenoxy) is 1. The Hall–Kier alpha value is -3.69. The number of halogens is 7. The van der Waals surface area contributed by atoms with Crippen LogP contribution in [0.25, 0.3) is 10.8 Å². The van der Waals surface area contributed by atoms with Gasteiger partial charge in [-0.15, -0.1) is 0 Å².